The van der Waals surface area contributed by atoms with Gasteiger partial charge in [0.25, 0.3) is 5.91 Å². The number of nitrogens with zero attached hydrogens (tertiary/aromatic N) is 1. The second-order valence-corrected chi connectivity index (χ2v) is 8.14. The molecule has 1 heterocycles. The molecule has 0 saturated heterocycles. The second-order valence-electron chi connectivity index (χ2n) is 7.74. The molecule has 0 bridgehead atoms. The Kier molecular flexibility index (Phi) is 5.72. The number of hydrogen-bond donors (Lipinski definition) is 2. The normalized spacial score (nSPS) is 11.0. The van der Waals surface area contributed by atoms with Crippen LogP contribution in [-0.4, -0.2) is 33.9 Å². The number of aryl methyl sites for hydroxylation is 1. The van der Waals surface area contributed by atoms with Crippen LogP contribution in [0.3, 0.4) is 0 Å². The molecule has 0 aliphatic rings. The first-order valence-corrected chi connectivity index (χ1v) is 10.3. The van der Waals surface area contributed by atoms with Crippen molar-refractivity contribution in [3.63, 3.8) is 0 Å². The van der Waals surface area contributed by atoms with Crippen molar-refractivity contribution in [2.24, 2.45) is 0 Å². The van der Waals surface area contributed by atoms with E-state index < -0.39 is 11.8 Å². The van der Waals surface area contributed by atoms with Crippen LogP contribution >= 0.6 is 11.6 Å². The SMILES string of the molecule is Cc1ccc2cc(C(=O)N(C)Cc3ccc(F)cc3-c3ccc(C(=O)O)c(Cl)c3)[nH]c2c1. The van der Waals surface area contributed by atoms with Gasteiger partial charge in [-0.05, 0) is 65.6 Å². The van der Waals surface area contributed by atoms with Crippen molar-refractivity contribution < 1.29 is 19.1 Å². The molecule has 1 aromatic heterocycles. The molecule has 0 atom stereocenters. The van der Waals surface area contributed by atoms with Crippen LogP contribution in [0.2, 0.25) is 5.02 Å². The van der Waals surface area contributed by atoms with Crippen LogP contribution in [0.5, 0.6) is 0 Å². The van der Waals surface area contributed by atoms with Crippen LogP contribution in [0.25, 0.3) is 22.0 Å². The van der Waals surface area contributed by atoms with Crippen LogP contribution in [0.15, 0.2) is 60.7 Å². The van der Waals surface area contributed by atoms with E-state index in [0.717, 1.165) is 16.5 Å². The Bertz CT molecular complexity index is 1360. The molecule has 2 N–H and O–H groups in total. The second kappa shape index (κ2) is 8.48. The molecule has 0 aliphatic heterocycles. The lowest BCUT2D eigenvalue weighted by atomic mass is 9.98. The largest absolute Gasteiger partial charge is 0.478 e. The molecule has 7 heteroatoms. The zero-order valence-corrected chi connectivity index (χ0v) is 18.2. The van der Waals surface area contributed by atoms with Crippen molar-refractivity contribution in [3.05, 3.63) is 93.9 Å². The van der Waals surface area contributed by atoms with Crippen LogP contribution in [-0.2, 0) is 6.54 Å². The summed E-state index contributed by atoms with van der Waals surface area (Å²) in [5, 5.41) is 10.2. The Morgan fingerprint density at radius 2 is 1.84 bits per heavy atom. The minimum atomic E-state index is -1.14. The van der Waals surface area contributed by atoms with E-state index in [0.29, 0.717) is 22.4 Å². The van der Waals surface area contributed by atoms with E-state index in [1.807, 2.05) is 31.2 Å². The summed E-state index contributed by atoms with van der Waals surface area (Å²) in [4.78, 5) is 29.0. The van der Waals surface area contributed by atoms with Gasteiger partial charge in [-0.25, -0.2) is 9.18 Å². The van der Waals surface area contributed by atoms with E-state index in [-0.39, 0.29) is 23.0 Å². The molecule has 1 amide bonds. The highest BCUT2D eigenvalue weighted by Gasteiger charge is 2.18. The maximum Gasteiger partial charge on any atom is 0.337 e. The van der Waals surface area contributed by atoms with Crippen LogP contribution in [0.1, 0.15) is 32.0 Å². The lowest BCUT2D eigenvalue weighted by Crippen LogP contribution is -2.26. The first-order valence-electron chi connectivity index (χ1n) is 9.89. The lowest BCUT2D eigenvalue weighted by Gasteiger charge is -2.19. The number of carboxylic acids is 1. The number of nitrogens with one attached hydrogen (secondary N) is 1. The molecular weight excluding hydrogens is 431 g/mol. The van der Waals surface area contributed by atoms with Crippen molar-refractivity contribution in [2.45, 2.75) is 13.5 Å². The fourth-order valence-corrected chi connectivity index (χ4v) is 3.96. The van der Waals surface area contributed by atoms with Gasteiger partial charge in [-0.1, -0.05) is 35.9 Å². The van der Waals surface area contributed by atoms with Crippen LogP contribution in [0, 0.1) is 12.7 Å². The highest BCUT2D eigenvalue weighted by Crippen LogP contribution is 2.30. The smallest absolute Gasteiger partial charge is 0.337 e. The number of H-pyrrole nitrogens is 1. The van der Waals surface area contributed by atoms with Gasteiger partial charge in [0.1, 0.15) is 11.5 Å². The number of aromatic amines is 1. The number of benzene rings is 3. The third-order valence-corrected chi connectivity index (χ3v) is 5.66. The molecule has 0 spiro atoms. The molecular formula is C25H20ClFN2O3. The summed E-state index contributed by atoms with van der Waals surface area (Å²) in [5.74, 6) is -1.78. The molecule has 3 aromatic carbocycles. The number of carboxylic acid groups (broad SMARTS) is 1. The summed E-state index contributed by atoms with van der Waals surface area (Å²) < 4.78 is 14.0. The molecule has 0 radical (unpaired) electrons. The average Bonchev–Trinajstić information content (AvgIpc) is 3.17. The Hall–Kier alpha value is -3.64. The predicted octanol–water partition coefficient (Wildman–Crippen LogP) is 5.91. The zero-order valence-electron chi connectivity index (χ0n) is 17.4. The van der Waals surface area contributed by atoms with Crippen LogP contribution in [0.4, 0.5) is 4.39 Å². The quantitative estimate of drug-likeness (QED) is 0.397. The zero-order chi connectivity index (χ0) is 23.0. The van der Waals surface area contributed by atoms with E-state index in [2.05, 4.69) is 4.98 Å². The van der Waals surface area contributed by atoms with Crippen molar-refractivity contribution in [1.29, 1.82) is 0 Å². The fourth-order valence-electron chi connectivity index (χ4n) is 3.70. The molecule has 0 aliphatic carbocycles. The molecule has 162 valence electrons. The standard InChI is InChI=1S/C25H20ClFN2O3/c1-14-3-4-16-11-23(28-22(16)9-14)24(30)29(2)13-17-5-7-18(27)12-20(17)15-6-8-19(25(31)32)21(26)10-15/h3-12,28H,13H2,1-2H3,(H,31,32). The number of carbonyl (C=O) groups excluding carboxylic acids is 1. The van der Waals surface area contributed by atoms with Gasteiger partial charge < -0.3 is 15.0 Å². The molecule has 0 unspecified atom stereocenters. The molecule has 32 heavy (non-hydrogen) atoms. The van der Waals surface area contributed by atoms with E-state index in [1.165, 1.54) is 24.3 Å². The number of carbonyl (C=O) groups is 2. The third kappa shape index (κ3) is 4.22. The van der Waals surface area contributed by atoms with Gasteiger partial charge in [-0.2, -0.15) is 0 Å². The summed E-state index contributed by atoms with van der Waals surface area (Å²) in [7, 11) is 1.67. The van der Waals surface area contributed by atoms with Gasteiger partial charge in [0.05, 0.1) is 10.6 Å². The van der Waals surface area contributed by atoms with E-state index in [9.17, 15) is 19.1 Å². The average molecular weight is 451 g/mol. The number of aromatic nitrogens is 1. The Balaban J connectivity index is 1.64. The van der Waals surface area contributed by atoms with Gasteiger partial charge in [-0.3, -0.25) is 4.79 Å². The molecule has 5 nitrogen and oxygen atoms in total. The summed E-state index contributed by atoms with van der Waals surface area (Å²) in [6.07, 6.45) is 0. The maximum absolute atomic E-state index is 14.0. The lowest BCUT2D eigenvalue weighted by molar-refractivity contribution is 0.0696. The number of aromatic carboxylic acids is 1. The maximum atomic E-state index is 14.0. The highest BCUT2D eigenvalue weighted by molar-refractivity contribution is 6.33. The molecule has 4 aromatic rings. The highest BCUT2D eigenvalue weighted by atomic mass is 35.5. The first kappa shape index (κ1) is 21.6. The summed E-state index contributed by atoms with van der Waals surface area (Å²) in [5.41, 5.74) is 4.22. The van der Waals surface area contributed by atoms with Crippen molar-refractivity contribution in [2.75, 3.05) is 7.05 Å². The van der Waals surface area contributed by atoms with Gasteiger partial charge in [0, 0.05) is 24.5 Å². The van der Waals surface area contributed by atoms with Crippen molar-refractivity contribution in [3.8, 4) is 11.1 Å². The Morgan fingerprint density at radius 1 is 1.06 bits per heavy atom. The van der Waals surface area contributed by atoms with Gasteiger partial charge in [0.15, 0.2) is 0 Å². The number of rotatable bonds is 5. The van der Waals surface area contributed by atoms with Gasteiger partial charge in [-0.15, -0.1) is 0 Å². The third-order valence-electron chi connectivity index (χ3n) is 5.35. The monoisotopic (exact) mass is 450 g/mol. The Labute approximate surface area is 189 Å². The van der Waals surface area contributed by atoms with Gasteiger partial charge >= 0.3 is 5.97 Å². The predicted molar refractivity (Wildman–Crippen MR) is 123 cm³/mol. The molecule has 4 rings (SSSR count). The summed E-state index contributed by atoms with van der Waals surface area (Å²) >= 11 is 6.11. The minimum Gasteiger partial charge on any atom is -0.478 e. The van der Waals surface area contributed by atoms with E-state index in [4.69, 9.17) is 11.6 Å². The minimum absolute atomic E-state index is 0.0327. The van der Waals surface area contributed by atoms with Gasteiger partial charge in [0.2, 0.25) is 0 Å². The number of halogens is 2. The fraction of sp³-hybridized carbons (Fsp3) is 0.120. The summed E-state index contributed by atoms with van der Waals surface area (Å²) in [6, 6.07) is 16.5. The van der Waals surface area contributed by atoms with Crippen LogP contribution < -0.4 is 0 Å². The molecule has 0 saturated carbocycles. The number of amides is 1. The van der Waals surface area contributed by atoms with Crippen molar-refractivity contribution >= 4 is 34.4 Å². The number of fused-ring (bicyclic) bond motifs is 1. The Morgan fingerprint density at radius 3 is 2.56 bits per heavy atom. The van der Waals surface area contributed by atoms with E-state index >= 15 is 0 Å². The topological polar surface area (TPSA) is 73.4 Å². The van der Waals surface area contributed by atoms with Crippen molar-refractivity contribution in [1.82, 2.24) is 9.88 Å². The van der Waals surface area contributed by atoms with E-state index in [1.54, 1.807) is 24.1 Å². The summed E-state index contributed by atoms with van der Waals surface area (Å²) in [6.45, 7) is 2.21. The molecule has 0 fully saturated rings. The number of hydrogen-bond acceptors (Lipinski definition) is 2. The first-order chi connectivity index (χ1) is 15.2.